The van der Waals surface area contributed by atoms with Gasteiger partial charge >= 0.3 is 0 Å². The molecule has 10 heteroatoms. The number of methoxy groups -OCH3 is 1. The number of furan rings is 1. The van der Waals surface area contributed by atoms with E-state index in [9.17, 15) is 20.2 Å². The van der Waals surface area contributed by atoms with E-state index in [0.717, 1.165) is 5.56 Å². The van der Waals surface area contributed by atoms with Crippen LogP contribution in [-0.2, 0) is 11.3 Å². The number of halogens is 2. The normalized spacial score (nSPS) is 11.0. The number of hydrogen-bond donors (Lipinski definition) is 1. The van der Waals surface area contributed by atoms with Crippen LogP contribution in [0.5, 0.6) is 5.75 Å². The molecule has 1 N–H and O–H groups in total. The van der Waals surface area contributed by atoms with Gasteiger partial charge in [0, 0.05) is 24.3 Å². The third kappa shape index (κ3) is 5.27. The molecule has 0 radical (unpaired) electrons. The molecule has 0 aliphatic heterocycles. The Bertz CT molecular complexity index is 1240. The second kappa shape index (κ2) is 10.0. The van der Waals surface area contributed by atoms with Crippen molar-refractivity contribution in [1.82, 2.24) is 5.32 Å². The molecule has 3 rings (SSSR count). The Hall–Kier alpha value is -3.80. The fraction of sp³-hybridized carbons (Fsp3) is 0.0909. The smallest absolute Gasteiger partial charge is 0.288 e. The van der Waals surface area contributed by atoms with Gasteiger partial charge in [-0.15, -0.1) is 0 Å². The summed E-state index contributed by atoms with van der Waals surface area (Å²) in [6, 6.07) is 14.4. The highest BCUT2D eigenvalue weighted by Crippen LogP contribution is 2.37. The summed E-state index contributed by atoms with van der Waals surface area (Å²) in [4.78, 5) is 22.9. The molecular weight excluding hydrogens is 457 g/mol. The molecule has 0 spiro atoms. The van der Waals surface area contributed by atoms with E-state index >= 15 is 0 Å². The molecule has 0 atom stereocenters. The first kappa shape index (κ1) is 22.9. The maximum absolute atomic E-state index is 12.4. The fourth-order valence-corrected chi connectivity index (χ4v) is 3.30. The maximum Gasteiger partial charge on any atom is 0.288 e. The van der Waals surface area contributed by atoms with Gasteiger partial charge in [0.2, 0.25) is 0 Å². The molecule has 2 aromatic carbocycles. The van der Waals surface area contributed by atoms with Gasteiger partial charge in [0.05, 0.1) is 17.1 Å². The molecule has 1 amide bonds. The Kier molecular flexibility index (Phi) is 7.15. The van der Waals surface area contributed by atoms with Crippen LogP contribution < -0.4 is 10.1 Å². The predicted molar refractivity (Wildman–Crippen MR) is 119 cm³/mol. The van der Waals surface area contributed by atoms with Gasteiger partial charge in [0.25, 0.3) is 11.6 Å². The van der Waals surface area contributed by atoms with Gasteiger partial charge in [0.15, 0.2) is 0 Å². The zero-order chi connectivity index (χ0) is 23.3. The zero-order valence-corrected chi connectivity index (χ0v) is 18.1. The van der Waals surface area contributed by atoms with Crippen LogP contribution in [0, 0.1) is 21.4 Å². The minimum atomic E-state index is -0.632. The topological polar surface area (TPSA) is 118 Å². The van der Waals surface area contributed by atoms with Crippen molar-refractivity contribution in [1.29, 1.82) is 5.26 Å². The Morgan fingerprint density at radius 3 is 2.56 bits per heavy atom. The van der Waals surface area contributed by atoms with Crippen molar-refractivity contribution in [2.75, 3.05) is 7.11 Å². The van der Waals surface area contributed by atoms with Crippen LogP contribution in [0.4, 0.5) is 5.69 Å². The molecule has 0 saturated heterocycles. The Labute approximate surface area is 192 Å². The SMILES string of the molecule is COc1ccc(CNC(=O)/C(C#N)=C\c2ccc(-c3cc([N+](=O)[O-])c(Cl)cc3Cl)o2)cc1. The maximum atomic E-state index is 12.4. The minimum absolute atomic E-state index is 0.101. The molecule has 32 heavy (non-hydrogen) atoms. The molecule has 1 heterocycles. The molecular formula is C22H15Cl2N3O5. The van der Waals surface area contributed by atoms with Crippen molar-refractivity contribution < 1.29 is 18.9 Å². The molecule has 3 aromatic rings. The van der Waals surface area contributed by atoms with E-state index in [-0.39, 0.29) is 44.9 Å². The van der Waals surface area contributed by atoms with Gasteiger partial charge in [0.1, 0.15) is 33.9 Å². The van der Waals surface area contributed by atoms with Crippen molar-refractivity contribution in [2.45, 2.75) is 6.54 Å². The van der Waals surface area contributed by atoms with Gasteiger partial charge in [-0.3, -0.25) is 14.9 Å². The first-order valence-electron chi connectivity index (χ1n) is 9.09. The van der Waals surface area contributed by atoms with Gasteiger partial charge in [-0.05, 0) is 35.9 Å². The lowest BCUT2D eigenvalue weighted by atomic mass is 10.1. The fourth-order valence-electron chi connectivity index (χ4n) is 2.75. The molecule has 0 unspecified atom stereocenters. The van der Waals surface area contributed by atoms with Crippen molar-refractivity contribution in [3.05, 3.63) is 85.6 Å². The van der Waals surface area contributed by atoms with E-state index in [2.05, 4.69) is 5.32 Å². The number of amides is 1. The average molecular weight is 472 g/mol. The Balaban J connectivity index is 1.77. The summed E-state index contributed by atoms with van der Waals surface area (Å²) >= 11 is 12.0. The van der Waals surface area contributed by atoms with Crippen LogP contribution in [-0.4, -0.2) is 17.9 Å². The molecule has 8 nitrogen and oxygen atoms in total. The van der Waals surface area contributed by atoms with E-state index in [4.69, 9.17) is 32.4 Å². The minimum Gasteiger partial charge on any atom is -0.497 e. The summed E-state index contributed by atoms with van der Waals surface area (Å²) in [5, 5.41) is 23.2. The largest absolute Gasteiger partial charge is 0.497 e. The van der Waals surface area contributed by atoms with Crippen LogP contribution in [0.1, 0.15) is 11.3 Å². The number of carbonyl (C=O) groups excluding carboxylic acids is 1. The second-order valence-electron chi connectivity index (χ2n) is 6.44. The number of rotatable bonds is 7. The number of nitro benzene ring substituents is 1. The van der Waals surface area contributed by atoms with Crippen LogP contribution in [0.15, 0.2) is 58.5 Å². The highest BCUT2D eigenvalue weighted by atomic mass is 35.5. The summed E-state index contributed by atoms with van der Waals surface area (Å²) < 4.78 is 10.7. The van der Waals surface area contributed by atoms with E-state index < -0.39 is 10.8 Å². The molecule has 0 aliphatic rings. The first-order chi connectivity index (χ1) is 15.3. The average Bonchev–Trinajstić information content (AvgIpc) is 3.24. The third-order valence-corrected chi connectivity index (χ3v) is 5.00. The second-order valence-corrected chi connectivity index (χ2v) is 7.26. The van der Waals surface area contributed by atoms with Gasteiger partial charge in [-0.1, -0.05) is 35.3 Å². The summed E-state index contributed by atoms with van der Waals surface area (Å²) in [5.74, 6) is 0.528. The van der Waals surface area contributed by atoms with E-state index in [0.29, 0.717) is 5.75 Å². The van der Waals surface area contributed by atoms with Crippen LogP contribution in [0.25, 0.3) is 17.4 Å². The molecule has 0 bridgehead atoms. The third-order valence-electron chi connectivity index (χ3n) is 4.39. The summed E-state index contributed by atoms with van der Waals surface area (Å²) in [7, 11) is 1.56. The van der Waals surface area contributed by atoms with E-state index in [1.54, 1.807) is 31.4 Å². The van der Waals surface area contributed by atoms with Crippen molar-refractivity contribution >= 4 is 40.9 Å². The number of hydrogen-bond acceptors (Lipinski definition) is 6. The van der Waals surface area contributed by atoms with Crippen LogP contribution >= 0.6 is 23.2 Å². The highest BCUT2D eigenvalue weighted by molar-refractivity contribution is 6.37. The van der Waals surface area contributed by atoms with Crippen LogP contribution in [0.3, 0.4) is 0 Å². The van der Waals surface area contributed by atoms with E-state index in [1.807, 2.05) is 6.07 Å². The lowest BCUT2D eigenvalue weighted by Crippen LogP contribution is -2.23. The first-order valence-corrected chi connectivity index (χ1v) is 9.84. The van der Waals surface area contributed by atoms with Gasteiger partial charge in [-0.2, -0.15) is 5.26 Å². The standard InChI is InChI=1S/C22H15Cl2N3O5/c1-31-15-4-2-13(3-5-15)12-26-22(28)14(11-25)8-16-6-7-21(32-16)17-9-20(27(29)30)19(24)10-18(17)23/h2-10H,12H2,1H3,(H,26,28)/b14-8-. The number of benzene rings is 2. The zero-order valence-electron chi connectivity index (χ0n) is 16.6. The Morgan fingerprint density at radius 2 is 1.94 bits per heavy atom. The number of nitrogens with one attached hydrogen (secondary N) is 1. The lowest BCUT2D eigenvalue weighted by Gasteiger charge is -2.05. The monoisotopic (exact) mass is 471 g/mol. The number of nitrogens with zero attached hydrogens (tertiary/aromatic N) is 2. The summed E-state index contributed by atoms with van der Waals surface area (Å²) in [6.45, 7) is 0.218. The molecule has 0 fully saturated rings. The van der Waals surface area contributed by atoms with E-state index in [1.165, 1.54) is 30.3 Å². The Morgan fingerprint density at radius 1 is 1.22 bits per heavy atom. The quantitative estimate of drug-likeness (QED) is 0.213. The van der Waals surface area contributed by atoms with Crippen LogP contribution in [0.2, 0.25) is 10.0 Å². The molecule has 162 valence electrons. The van der Waals surface area contributed by atoms with Gasteiger partial charge < -0.3 is 14.5 Å². The number of nitro groups is 1. The molecule has 0 saturated carbocycles. The predicted octanol–water partition coefficient (Wildman–Crippen LogP) is 5.39. The number of carbonyl (C=O) groups is 1. The summed E-state index contributed by atoms with van der Waals surface area (Å²) in [6.07, 6.45) is 1.27. The summed E-state index contributed by atoms with van der Waals surface area (Å²) in [5.41, 5.74) is 0.586. The van der Waals surface area contributed by atoms with Crippen molar-refractivity contribution in [3.8, 4) is 23.1 Å². The number of nitriles is 1. The van der Waals surface area contributed by atoms with Crippen molar-refractivity contribution in [3.63, 3.8) is 0 Å². The van der Waals surface area contributed by atoms with Crippen molar-refractivity contribution in [2.24, 2.45) is 0 Å². The lowest BCUT2D eigenvalue weighted by molar-refractivity contribution is -0.384. The number of ether oxygens (including phenoxy) is 1. The van der Waals surface area contributed by atoms with Gasteiger partial charge in [-0.25, -0.2) is 0 Å². The molecule has 1 aromatic heterocycles. The highest BCUT2D eigenvalue weighted by Gasteiger charge is 2.19. The molecule has 0 aliphatic carbocycles.